The van der Waals surface area contributed by atoms with Crippen LogP contribution in [0.3, 0.4) is 0 Å². The van der Waals surface area contributed by atoms with Gasteiger partial charge in [0.05, 0.1) is 0 Å². The van der Waals surface area contributed by atoms with Crippen molar-refractivity contribution in [3.05, 3.63) is 34.9 Å². The van der Waals surface area contributed by atoms with Crippen molar-refractivity contribution in [2.24, 2.45) is 11.8 Å². The van der Waals surface area contributed by atoms with E-state index in [1.54, 1.807) is 0 Å². The van der Waals surface area contributed by atoms with Crippen molar-refractivity contribution in [3.63, 3.8) is 0 Å². The molecule has 1 fully saturated rings. The Morgan fingerprint density at radius 2 is 1.89 bits per heavy atom. The van der Waals surface area contributed by atoms with Gasteiger partial charge >= 0.3 is 0 Å². The molecular formula is C17H26ClN. The van der Waals surface area contributed by atoms with Crippen molar-refractivity contribution >= 4 is 11.6 Å². The first-order valence-corrected chi connectivity index (χ1v) is 8.04. The summed E-state index contributed by atoms with van der Waals surface area (Å²) in [5.41, 5.74) is 1.39. The standard InChI is InChI=1S/C17H26ClN/c1-3-14-6-4-5-7-16(14)17(19-2)12-13-8-10-15(18)11-9-13/h8-11,14,16-17,19H,3-7,12H2,1-2H3. The normalized spacial score (nSPS) is 25.2. The summed E-state index contributed by atoms with van der Waals surface area (Å²) in [7, 11) is 2.11. The van der Waals surface area contributed by atoms with E-state index < -0.39 is 0 Å². The summed E-state index contributed by atoms with van der Waals surface area (Å²) in [6, 6.07) is 8.93. The molecule has 0 saturated heterocycles. The van der Waals surface area contributed by atoms with Gasteiger partial charge in [-0.25, -0.2) is 0 Å². The van der Waals surface area contributed by atoms with Crippen LogP contribution in [-0.4, -0.2) is 13.1 Å². The summed E-state index contributed by atoms with van der Waals surface area (Å²) in [5, 5.41) is 4.39. The summed E-state index contributed by atoms with van der Waals surface area (Å²) >= 11 is 5.96. The highest BCUT2D eigenvalue weighted by Crippen LogP contribution is 2.35. The van der Waals surface area contributed by atoms with Crippen molar-refractivity contribution in [2.45, 2.75) is 51.5 Å². The highest BCUT2D eigenvalue weighted by molar-refractivity contribution is 6.30. The van der Waals surface area contributed by atoms with Crippen molar-refractivity contribution in [1.29, 1.82) is 0 Å². The molecule has 0 amide bonds. The molecule has 2 rings (SSSR count). The molecule has 2 heteroatoms. The largest absolute Gasteiger partial charge is 0.316 e. The summed E-state index contributed by atoms with van der Waals surface area (Å²) in [6.45, 7) is 2.35. The number of benzene rings is 1. The van der Waals surface area contributed by atoms with E-state index in [4.69, 9.17) is 11.6 Å². The average molecular weight is 280 g/mol. The molecule has 0 spiro atoms. The van der Waals surface area contributed by atoms with Crippen LogP contribution in [0.1, 0.15) is 44.6 Å². The van der Waals surface area contributed by atoms with Crippen LogP contribution in [-0.2, 0) is 6.42 Å². The van der Waals surface area contributed by atoms with Gasteiger partial charge < -0.3 is 5.32 Å². The maximum Gasteiger partial charge on any atom is 0.0406 e. The fourth-order valence-corrected chi connectivity index (χ4v) is 3.74. The lowest BCUT2D eigenvalue weighted by atomic mass is 9.73. The zero-order chi connectivity index (χ0) is 13.7. The Balaban J connectivity index is 2.04. The second kappa shape index (κ2) is 7.31. The maximum absolute atomic E-state index is 5.96. The van der Waals surface area contributed by atoms with Gasteiger partial charge in [0.25, 0.3) is 0 Å². The highest BCUT2D eigenvalue weighted by atomic mass is 35.5. The van der Waals surface area contributed by atoms with Gasteiger partial charge in [-0.05, 0) is 49.4 Å². The van der Waals surface area contributed by atoms with Crippen LogP contribution >= 0.6 is 11.6 Å². The second-order valence-electron chi connectivity index (χ2n) is 5.84. The number of likely N-dealkylation sites (N-methyl/N-ethyl adjacent to an activating group) is 1. The topological polar surface area (TPSA) is 12.0 Å². The minimum absolute atomic E-state index is 0.603. The Hall–Kier alpha value is -0.530. The van der Waals surface area contributed by atoms with Gasteiger partial charge in [0.15, 0.2) is 0 Å². The Kier molecular flexibility index (Phi) is 5.72. The van der Waals surface area contributed by atoms with Gasteiger partial charge in [0, 0.05) is 11.1 Å². The molecule has 0 aliphatic heterocycles. The molecule has 0 radical (unpaired) electrons. The molecule has 1 aromatic carbocycles. The predicted octanol–water partition coefficient (Wildman–Crippen LogP) is 4.69. The molecule has 0 bridgehead atoms. The first kappa shape index (κ1) is 14.9. The number of hydrogen-bond acceptors (Lipinski definition) is 1. The zero-order valence-electron chi connectivity index (χ0n) is 12.2. The zero-order valence-corrected chi connectivity index (χ0v) is 12.9. The van der Waals surface area contributed by atoms with Gasteiger partial charge in [0.1, 0.15) is 0 Å². The molecule has 0 heterocycles. The van der Waals surface area contributed by atoms with Crippen LogP contribution in [0.4, 0.5) is 0 Å². The van der Waals surface area contributed by atoms with E-state index in [0.29, 0.717) is 6.04 Å². The second-order valence-corrected chi connectivity index (χ2v) is 6.28. The van der Waals surface area contributed by atoms with E-state index in [9.17, 15) is 0 Å². The number of hydrogen-bond donors (Lipinski definition) is 1. The molecule has 1 saturated carbocycles. The molecule has 3 atom stereocenters. The lowest BCUT2D eigenvalue weighted by Crippen LogP contribution is -2.40. The lowest BCUT2D eigenvalue weighted by molar-refractivity contribution is 0.179. The number of rotatable bonds is 5. The number of nitrogens with one attached hydrogen (secondary N) is 1. The minimum atomic E-state index is 0.603. The smallest absolute Gasteiger partial charge is 0.0406 e. The van der Waals surface area contributed by atoms with Crippen LogP contribution in [0, 0.1) is 11.8 Å². The van der Waals surface area contributed by atoms with Crippen molar-refractivity contribution in [2.75, 3.05) is 7.05 Å². The third-order valence-corrected chi connectivity index (χ3v) is 5.00. The Labute approximate surface area is 122 Å². The van der Waals surface area contributed by atoms with Crippen molar-refractivity contribution in [3.8, 4) is 0 Å². The molecule has 1 aliphatic rings. The van der Waals surface area contributed by atoms with Gasteiger partial charge in [-0.2, -0.15) is 0 Å². The van der Waals surface area contributed by atoms with Crippen LogP contribution < -0.4 is 5.32 Å². The van der Waals surface area contributed by atoms with E-state index in [1.807, 2.05) is 12.1 Å². The first-order chi connectivity index (χ1) is 9.24. The van der Waals surface area contributed by atoms with Crippen LogP contribution in [0.25, 0.3) is 0 Å². The fraction of sp³-hybridized carbons (Fsp3) is 0.647. The Bertz CT molecular complexity index is 373. The Morgan fingerprint density at radius 1 is 1.21 bits per heavy atom. The molecule has 106 valence electrons. The molecule has 1 nitrogen and oxygen atoms in total. The fourth-order valence-electron chi connectivity index (χ4n) is 3.61. The SMILES string of the molecule is CCC1CCCCC1C(Cc1ccc(Cl)cc1)NC. The lowest BCUT2D eigenvalue weighted by Gasteiger charge is -2.37. The van der Waals surface area contributed by atoms with E-state index >= 15 is 0 Å². The summed E-state index contributed by atoms with van der Waals surface area (Å²) < 4.78 is 0. The Morgan fingerprint density at radius 3 is 2.53 bits per heavy atom. The quantitative estimate of drug-likeness (QED) is 0.825. The molecule has 1 aliphatic carbocycles. The van der Waals surface area contributed by atoms with Crippen molar-refractivity contribution < 1.29 is 0 Å². The molecule has 3 unspecified atom stereocenters. The number of halogens is 1. The van der Waals surface area contributed by atoms with E-state index in [2.05, 4.69) is 31.4 Å². The molecule has 1 N–H and O–H groups in total. The molecule has 19 heavy (non-hydrogen) atoms. The van der Waals surface area contributed by atoms with E-state index in [1.165, 1.54) is 37.7 Å². The maximum atomic E-state index is 5.96. The van der Waals surface area contributed by atoms with Gasteiger partial charge in [-0.1, -0.05) is 56.3 Å². The van der Waals surface area contributed by atoms with Gasteiger partial charge in [0.2, 0.25) is 0 Å². The van der Waals surface area contributed by atoms with Crippen molar-refractivity contribution in [1.82, 2.24) is 5.32 Å². The highest BCUT2D eigenvalue weighted by Gasteiger charge is 2.29. The molecular weight excluding hydrogens is 254 g/mol. The summed E-state index contributed by atoms with van der Waals surface area (Å²) in [5.74, 6) is 1.73. The van der Waals surface area contributed by atoms with Crippen LogP contribution in [0.15, 0.2) is 24.3 Å². The third kappa shape index (κ3) is 3.97. The predicted molar refractivity (Wildman–Crippen MR) is 83.7 cm³/mol. The van der Waals surface area contributed by atoms with Gasteiger partial charge in [-0.15, -0.1) is 0 Å². The molecule has 0 aromatic heterocycles. The first-order valence-electron chi connectivity index (χ1n) is 7.66. The summed E-state index contributed by atoms with van der Waals surface area (Å²) in [4.78, 5) is 0. The summed E-state index contributed by atoms with van der Waals surface area (Å²) in [6.07, 6.45) is 8.07. The van der Waals surface area contributed by atoms with E-state index in [0.717, 1.165) is 23.3 Å². The minimum Gasteiger partial charge on any atom is -0.316 e. The van der Waals surface area contributed by atoms with Crippen LogP contribution in [0.5, 0.6) is 0 Å². The van der Waals surface area contributed by atoms with Gasteiger partial charge in [-0.3, -0.25) is 0 Å². The van der Waals surface area contributed by atoms with E-state index in [-0.39, 0.29) is 0 Å². The average Bonchev–Trinajstić information content (AvgIpc) is 2.46. The third-order valence-electron chi connectivity index (χ3n) is 4.75. The monoisotopic (exact) mass is 279 g/mol. The molecule has 1 aromatic rings. The van der Waals surface area contributed by atoms with Crippen LogP contribution in [0.2, 0.25) is 5.02 Å².